The molecule has 2 aliphatic heterocycles. The van der Waals surface area contributed by atoms with E-state index in [2.05, 4.69) is 21.4 Å². The monoisotopic (exact) mass is 555 g/mol. The van der Waals surface area contributed by atoms with Gasteiger partial charge < -0.3 is 20.7 Å². The Labute approximate surface area is 236 Å². The number of carbonyl (C=O) groups is 4. The lowest BCUT2D eigenvalue weighted by molar-refractivity contribution is -0.124. The standard InChI is InChI=1S/C30H29N5O6/c1-40-30(39)21-9-12-23-24(17-21)33-29(38)26(23)27(19-5-3-2-4-6-19)32-22-10-7-20(8-11-22)28(37)34-41-16-15-35-14-13-31-25(36)18-35/h2-12,17,32H,13-16,18H2,1H3,(H,31,36)(H,33,38)(H,34,37). The lowest BCUT2D eigenvalue weighted by atomic mass is 9.99. The molecular formula is C30H29N5O6. The molecule has 1 fully saturated rings. The molecule has 2 heterocycles. The van der Waals surface area contributed by atoms with Crippen LogP contribution in [-0.4, -0.2) is 68.5 Å². The average Bonchev–Trinajstić information content (AvgIpc) is 3.33. The largest absolute Gasteiger partial charge is 0.465 e. The van der Waals surface area contributed by atoms with Crippen molar-refractivity contribution >= 4 is 46.3 Å². The molecule has 5 rings (SSSR count). The first-order valence-corrected chi connectivity index (χ1v) is 13.0. The van der Waals surface area contributed by atoms with Gasteiger partial charge in [0, 0.05) is 36.4 Å². The number of esters is 1. The summed E-state index contributed by atoms with van der Waals surface area (Å²) in [6.45, 7) is 2.42. The molecule has 0 atom stereocenters. The zero-order chi connectivity index (χ0) is 28.8. The molecule has 2 aliphatic rings. The molecule has 3 aromatic carbocycles. The van der Waals surface area contributed by atoms with E-state index in [1.54, 1.807) is 42.5 Å². The highest BCUT2D eigenvalue weighted by Gasteiger charge is 2.29. The van der Waals surface area contributed by atoms with Crippen LogP contribution in [0.2, 0.25) is 0 Å². The number of fused-ring (bicyclic) bond motifs is 1. The van der Waals surface area contributed by atoms with Crippen LogP contribution in [0.1, 0.15) is 31.8 Å². The second kappa shape index (κ2) is 12.5. The van der Waals surface area contributed by atoms with E-state index in [1.807, 2.05) is 35.2 Å². The van der Waals surface area contributed by atoms with E-state index in [0.29, 0.717) is 59.0 Å². The van der Waals surface area contributed by atoms with Crippen LogP contribution in [0, 0.1) is 0 Å². The normalized spacial score (nSPS) is 15.8. The van der Waals surface area contributed by atoms with Crippen LogP contribution >= 0.6 is 0 Å². The number of methoxy groups -OCH3 is 1. The van der Waals surface area contributed by atoms with Crippen LogP contribution in [0.5, 0.6) is 0 Å². The number of nitrogens with zero attached hydrogens (tertiary/aromatic N) is 1. The molecule has 41 heavy (non-hydrogen) atoms. The summed E-state index contributed by atoms with van der Waals surface area (Å²) in [6, 6.07) is 21.1. The summed E-state index contributed by atoms with van der Waals surface area (Å²) in [4.78, 5) is 56.4. The van der Waals surface area contributed by atoms with Gasteiger partial charge in [-0.3, -0.25) is 24.1 Å². The smallest absolute Gasteiger partial charge is 0.337 e. The maximum Gasteiger partial charge on any atom is 0.337 e. The SMILES string of the molecule is COC(=O)c1ccc2c(c1)NC(=O)C2=C(Nc1ccc(C(=O)NOCCN2CCNC(=O)C2)cc1)c1ccccc1. The van der Waals surface area contributed by atoms with Gasteiger partial charge in [-0.25, -0.2) is 10.3 Å². The second-order valence-corrected chi connectivity index (χ2v) is 9.43. The molecule has 0 aromatic heterocycles. The fourth-order valence-electron chi connectivity index (χ4n) is 4.63. The number of nitrogens with one attached hydrogen (secondary N) is 4. The number of hydrogen-bond donors (Lipinski definition) is 4. The zero-order valence-corrected chi connectivity index (χ0v) is 22.4. The van der Waals surface area contributed by atoms with Gasteiger partial charge in [0.05, 0.1) is 42.8 Å². The molecule has 0 bridgehead atoms. The molecule has 3 aromatic rings. The molecule has 3 amide bonds. The molecule has 0 radical (unpaired) electrons. The van der Waals surface area contributed by atoms with E-state index in [0.717, 1.165) is 12.1 Å². The van der Waals surface area contributed by atoms with Crippen molar-refractivity contribution in [3.05, 3.63) is 95.1 Å². The first-order valence-electron chi connectivity index (χ1n) is 13.0. The molecule has 4 N–H and O–H groups in total. The number of carbonyl (C=O) groups excluding carboxylic acids is 4. The lowest BCUT2D eigenvalue weighted by Gasteiger charge is -2.25. The number of amides is 3. The number of ether oxygens (including phenoxy) is 1. The van der Waals surface area contributed by atoms with Crippen LogP contribution in [0.4, 0.5) is 11.4 Å². The number of rotatable bonds is 9. The highest BCUT2D eigenvalue weighted by atomic mass is 16.7. The summed E-state index contributed by atoms with van der Waals surface area (Å²) in [7, 11) is 1.30. The summed E-state index contributed by atoms with van der Waals surface area (Å²) >= 11 is 0. The first kappa shape index (κ1) is 27.6. The summed E-state index contributed by atoms with van der Waals surface area (Å²) in [5.41, 5.74) is 6.74. The van der Waals surface area contributed by atoms with Crippen LogP contribution in [-0.2, 0) is 19.2 Å². The van der Waals surface area contributed by atoms with Crippen LogP contribution in [0.15, 0.2) is 72.8 Å². The van der Waals surface area contributed by atoms with Gasteiger partial charge >= 0.3 is 5.97 Å². The summed E-state index contributed by atoms with van der Waals surface area (Å²) in [6.07, 6.45) is 0. The van der Waals surface area contributed by atoms with Gasteiger partial charge in [0.25, 0.3) is 11.8 Å². The van der Waals surface area contributed by atoms with Crippen molar-refractivity contribution in [1.29, 1.82) is 0 Å². The van der Waals surface area contributed by atoms with E-state index in [1.165, 1.54) is 7.11 Å². The summed E-state index contributed by atoms with van der Waals surface area (Å²) < 4.78 is 4.80. The van der Waals surface area contributed by atoms with Crippen molar-refractivity contribution in [3.8, 4) is 0 Å². The van der Waals surface area contributed by atoms with Gasteiger partial charge in [-0.2, -0.15) is 0 Å². The van der Waals surface area contributed by atoms with Gasteiger partial charge in [0.1, 0.15) is 0 Å². The summed E-state index contributed by atoms with van der Waals surface area (Å²) in [5, 5.41) is 8.95. The minimum Gasteiger partial charge on any atom is -0.465 e. The Morgan fingerprint density at radius 1 is 0.951 bits per heavy atom. The Hall–Kier alpha value is -5.00. The maximum atomic E-state index is 13.2. The first-order chi connectivity index (χ1) is 19.9. The van der Waals surface area contributed by atoms with Crippen LogP contribution in [0.3, 0.4) is 0 Å². The van der Waals surface area contributed by atoms with Crippen molar-refractivity contribution in [3.63, 3.8) is 0 Å². The van der Waals surface area contributed by atoms with Gasteiger partial charge in [-0.15, -0.1) is 0 Å². The molecule has 1 saturated heterocycles. The van der Waals surface area contributed by atoms with Crippen molar-refractivity contribution in [2.24, 2.45) is 0 Å². The molecule has 0 unspecified atom stereocenters. The average molecular weight is 556 g/mol. The van der Waals surface area contributed by atoms with E-state index in [4.69, 9.17) is 9.57 Å². The quantitative estimate of drug-likeness (QED) is 0.137. The van der Waals surface area contributed by atoms with Gasteiger partial charge in [-0.1, -0.05) is 36.4 Å². The molecular weight excluding hydrogens is 526 g/mol. The number of anilines is 2. The number of piperazine rings is 1. The predicted octanol–water partition coefficient (Wildman–Crippen LogP) is 2.50. The number of hydrogen-bond acceptors (Lipinski definition) is 8. The Morgan fingerprint density at radius 3 is 2.44 bits per heavy atom. The zero-order valence-electron chi connectivity index (χ0n) is 22.4. The Morgan fingerprint density at radius 2 is 1.71 bits per heavy atom. The summed E-state index contributed by atoms with van der Waals surface area (Å²) in [5.74, 6) is -1.23. The molecule has 210 valence electrons. The number of benzene rings is 3. The van der Waals surface area contributed by atoms with Crippen molar-refractivity contribution < 1.29 is 28.8 Å². The minimum atomic E-state index is -0.494. The second-order valence-electron chi connectivity index (χ2n) is 9.43. The van der Waals surface area contributed by atoms with Crippen molar-refractivity contribution in [1.82, 2.24) is 15.7 Å². The third-order valence-electron chi connectivity index (χ3n) is 6.71. The van der Waals surface area contributed by atoms with E-state index in [-0.39, 0.29) is 18.4 Å². The molecule has 0 spiro atoms. The highest BCUT2D eigenvalue weighted by molar-refractivity contribution is 6.37. The number of hydroxylamine groups is 1. The Bertz CT molecular complexity index is 1500. The van der Waals surface area contributed by atoms with E-state index in [9.17, 15) is 19.2 Å². The third kappa shape index (κ3) is 6.43. The molecule has 0 saturated carbocycles. The lowest BCUT2D eigenvalue weighted by Crippen LogP contribution is -2.48. The fourth-order valence-corrected chi connectivity index (χ4v) is 4.63. The van der Waals surface area contributed by atoms with Gasteiger partial charge in [-0.05, 0) is 42.0 Å². The molecule has 11 heteroatoms. The van der Waals surface area contributed by atoms with Crippen molar-refractivity contribution in [2.45, 2.75) is 0 Å². The highest BCUT2D eigenvalue weighted by Crippen LogP contribution is 2.38. The molecule has 11 nitrogen and oxygen atoms in total. The van der Waals surface area contributed by atoms with Crippen molar-refractivity contribution in [2.75, 3.05) is 50.5 Å². The fraction of sp³-hybridized carbons (Fsp3) is 0.200. The Balaban J connectivity index is 1.31. The van der Waals surface area contributed by atoms with Crippen LogP contribution < -0.4 is 21.4 Å². The maximum absolute atomic E-state index is 13.2. The van der Waals surface area contributed by atoms with Gasteiger partial charge in [0.2, 0.25) is 5.91 Å². The predicted molar refractivity (Wildman–Crippen MR) is 153 cm³/mol. The van der Waals surface area contributed by atoms with E-state index >= 15 is 0 Å². The van der Waals surface area contributed by atoms with Crippen LogP contribution in [0.25, 0.3) is 11.3 Å². The van der Waals surface area contributed by atoms with Gasteiger partial charge in [0.15, 0.2) is 0 Å². The Kier molecular flexibility index (Phi) is 8.37. The third-order valence-corrected chi connectivity index (χ3v) is 6.71. The van der Waals surface area contributed by atoms with E-state index < -0.39 is 11.9 Å². The molecule has 0 aliphatic carbocycles. The minimum absolute atomic E-state index is 0.0227. The topological polar surface area (TPSA) is 138 Å².